The summed E-state index contributed by atoms with van der Waals surface area (Å²) in [5, 5.41) is 0. The lowest BCUT2D eigenvalue weighted by Crippen LogP contribution is -2.57. The topological polar surface area (TPSA) is 52.6 Å². The zero-order chi connectivity index (χ0) is 21.7. The molecule has 9 atom stereocenters. The maximum Gasteiger partial charge on any atom is 0.305 e. The van der Waals surface area contributed by atoms with E-state index in [1.165, 1.54) is 39.2 Å². The Kier molecular flexibility index (Phi) is 6.63. The third-order valence-corrected chi connectivity index (χ3v) is 11.1. The second-order valence-corrected chi connectivity index (χ2v) is 11.9. The van der Waals surface area contributed by atoms with E-state index in [1.807, 2.05) is 23.0 Å². The number of hydrogen-bond acceptors (Lipinski definition) is 4. The van der Waals surface area contributed by atoms with Crippen molar-refractivity contribution >= 4 is 34.8 Å². The van der Waals surface area contributed by atoms with E-state index < -0.39 is 0 Å². The Bertz CT molecular complexity index is 680. The van der Waals surface area contributed by atoms with Crippen molar-refractivity contribution in [3.05, 3.63) is 0 Å². The highest BCUT2D eigenvalue weighted by Gasteiger charge is 2.63. The molecule has 30 heavy (non-hydrogen) atoms. The van der Waals surface area contributed by atoms with E-state index in [4.69, 9.17) is 7.80 Å². The predicted octanol–water partition coefficient (Wildman–Crippen LogP) is 6.15. The van der Waals surface area contributed by atoms with Gasteiger partial charge in [0.1, 0.15) is 28.8 Å². The molecule has 5 heteroatoms. The lowest BCUT2D eigenvalue weighted by molar-refractivity contribution is -0.159. The average Bonchev–Trinajstić information content (AvgIpc) is 3.09. The quantitative estimate of drug-likeness (QED) is 0.316. The van der Waals surface area contributed by atoms with Crippen molar-refractivity contribution in [1.82, 2.24) is 0 Å². The van der Waals surface area contributed by atoms with Crippen molar-refractivity contribution in [3.63, 3.8) is 0 Å². The van der Waals surface area contributed by atoms with Crippen molar-refractivity contribution in [2.45, 2.75) is 91.1 Å². The van der Waals surface area contributed by atoms with Gasteiger partial charge in [0.15, 0.2) is 0 Å². The van der Waals surface area contributed by atoms with Gasteiger partial charge in [-0.2, -0.15) is 0 Å². The highest BCUT2D eigenvalue weighted by atomic mass is 127. The van der Waals surface area contributed by atoms with Crippen LogP contribution in [0.1, 0.15) is 85.0 Å². The molecular weight excluding hydrogens is 491 g/mol. The first-order chi connectivity index (χ1) is 14.2. The third-order valence-electron chi connectivity index (χ3n) is 10.3. The second kappa shape index (κ2) is 8.64. The average molecular weight is 530 g/mol. The minimum atomic E-state index is -0.0993. The van der Waals surface area contributed by atoms with Gasteiger partial charge in [0, 0.05) is 18.8 Å². The molecule has 7 unspecified atom stereocenters. The van der Waals surface area contributed by atoms with Crippen LogP contribution in [0.4, 0.5) is 0 Å². The molecule has 4 saturated carbocycles. The standard InChI is InChI=1S/C25H39IO4/c1-15(5-8-22(28)29-4)18-6-7-19-23-20(10-12-25(18,19)3)24(2)11-9-17(30-26)13-16(24)14-21(23)27/h15-20,23H,5-14H2,1-4H3/t15-,16?,17-,18?,19?,20?,23?,24?,25?/m1/s1. The molecule has 0 N–H and O–H groups in total. The van der Waals surface area contributed by atoms with Crippen molar-refractivity contribution in [2.24, 2.45) is 46.3 Å². The molecule has 0 bridgehead atoms. The number of methoxy groups -OCH3 is 1. The minimum absolute atomic E-state index is 0.0993. The number of carbonyl (C=O) groups is 2. The molecule has 0 aromatic heterocycles. The summed E-state index contributed by atoms with van der Waals surface area (Å²) in [4.78, 5) is 25.2. The molecule has 4 nitrogen and oxygen atoms in total. The van der Waals surface area contributed by atoms with Crippen LogP contribution in [0.5, 0.6) is 0 Å². The van der Waals surface area contributed by atoms with Crippen LogP contribution in [0.25, 0.3) is 0 Å². The SMILES string of the molecule is COC(=O)CC[C@@H](C)C1CCC2C3C(=O)CC4C[C@H](OI)CCC4(C)C3CCC21C. The number of rotatable bonds is 5. The predicted molar refractivity (Wildman–Crippen MR) is 125 cm³/mol. The van der Waals surface area contributed by atoms with E-state index in [0.717, 1.165) is 25.7 Å². The summed E-state index contributed by atoms with van der Waals surface area (Å²) in [6.45, 7) is 7.29. The minimum Gasteiger partial charge on any atom is -0.469 e. The summed E-state index contributed by atoms with van der Waals surface area (Å²) in [5.74, 6) is 3.43. The fourth-order valence-corrected chi connectivity index (χ4v) is 9.06. The van der Waals surface area contributed by atoms with E-state index in [9.17, 15) is 9.59 Å². The molecule has 0 amide bonds. The number of esters is 1. The molecule has 4 fully saturated rings. The van der Waals surface area contributed by atoms with Crippen LogP contribution in [0.2, 0.25) is 0 Å². The maximum atomic E-state index is 13.5. The normalized spacial score (nSPS) is 46.5. The van der Waals surface area contributed by atoms with Crippen LogP contribution in [-0.2, 0) is 17.4 Å². The van der Waals surface area contributed by atoms with Gasteiger partial charge < -0.3 is 7.80 Å². The van der Waals surface area contributed by atoms with Crippen LogP contribution in [0.15, 0.2) is 0 Å². The van der Waals surface area contributed by atoms with Crippen LogP contribution in [-0.4, -0.2) is 25.0 Å². The fourth-order valence-electron chi connectivity index (χ4n) is 8.60. The number of halogens is 1. The fraction of sp³-hybridized carbons (Fsp3) is 0.920. The van der Waals surface area contributed by atoms with Crippen LogP contribution in [0.3, 0.4) is 0 Å². The van der Waals surface area contributed by atoms with Crippen LogP contribution in [0, 0.1) is 46.3 Å². The second-order valence-electron chi connectivity index (χ2n) is 11.4. The Morgan fingerprint density at radius 3 is 2.53 bits per heavy atom. The monoisotopic (exact) mass is 530 g/mol. The van der Waals surface area contributed by atoms with Gasteiger partial charge >= 0.3 is 5.97 Å². The molecule has 0 saturated heterocycles. The molecule has 0 aromatic carbocycles. The number of ether oxygens (including phenoxy) is 1. The van der Waals surface area contributed by atoms with Gasteiger partial charge in [-0.25, -0.2) is 0 Å². The van der Waals surface area contributed by atoms with Crippen LogP contribution < -0.4 is 0 Å². The number of Topliss-reactive ketones (excluding diaryl/α,β-unsaturated/α-hetero) is 1. The van der Waals surface area contributed by atoms with Gasteiger partial charge in [-0.15, -0.1) is 0 Å². The first-order valence-corrected chi connectivity index (χ1v) is 13.0. The highest BCUT2D eigenvalue weighted by Crippen LogP contribution is 2.67. The van der Waals surface area contributed by atoms with Crippen LogP contribution >= 0.6 is 23.0 Å². The summed E-state index contributed by atoms with van der Waals surface area (Å²) in [6.07, 6.45) is 10.8. The van der Waals surface area contributed by atoms with Gasteiger partial charge in [-0.05, 0) is 91.8 Å². The van der Waals surface area contributed by atoms with E-state index >= 15 is 0 Å². The third kappa shape index (κ3) is 3.68. The summed E-state index contributed by atoms with van der Waals surface area (Å²) >= 11 is 2.05. The van der Waals surface area contributed by atoms with E-state index in [-0.39, 0.29) is 17.3 Å². The Morgan fingerprint density at radius 2 is 1.83 bits per heavy atom. The lowest BCUT2D eigenvalue weighted by atomic mass is 9.44. The van der Waals surface area contributed by atoms with Gasteiger partial charge in [-0.1, -0.05) is 20.8 Å². The summed E-state index contributed by atoms with van der Waals surface area (Å²) < 4.78 is 10.5. The lowest BCUT2D eigenvalue weighted by Gasteiger charge is -2.60. The number of fused-ring (bicyclic) bond motifs is 5. The van der Waals surface area contributed by atoms with Crippen molar-refractivity contribution < 1.29 is 17.4 Å². The largest absolute Gasteiger partial charge is 0.469 e. The summed E-state index contributed by atoms with van der Waals surface area (Å²) in [5.41, 5.74) is 0.554. The molecule has 0 radical (unpaired) electrons. The Labute approximate surface area is 196 Å². The number of hydrogen-bond donors (Lipinski definition) is 0. The molecule has 4 rings (SSSR count). The molecule has 0 spiro atoms. The number of carbonyl (C=O) groups excluding carboxylic acids is 2. The Morgan fingerprint density at radius 1 is 1.13 bits per heavy atom. The molecule has 4 aliphatic carbocycles. The van der Waals surface area contributed by atoms with Gasteiger partial charge in [0.25, 0.3) is 0 Å². The number of ketones is 1. The first kappa shape index (κ1) is 23.0. The molecule has 170 valence electrons. The molecule has 0 aromatic rings. The van der Waals surface area contributed by atoms with E-state index in [1.54, 1.807) is 0 Å². The molecule has 0 heterocycles. The maximum absolute atomic E-state index is 13.5. The zero-order valence-corrected chi connectivity index (χ0v) is 21.3. The van der Waals surface area contributed by atoms with Crippen molar-refractivity contribution in [3.8, 4) is 0 Å². The zero-order valence-electron chi connectivity index (χ0n) is 19.1. The molecule has 0 aliphatic heterocycles. The first-order valence-electron chi connectivity index (χ1n) is 12.1. The molecular formula is C25H39IO4. The summed E-state index contributed by atoms with van der Waals surface area (Å²) in [7, 11) is 1.48. The van der Waals surface area contributed by atoms with Crippen molar-refractivity contribution in [1.29, 1.82) is 0 Å². The van der Waals surface area contributed by atoms with E-state index in [2.05, 4.69) is 20.8 Å². The van der Waals surface area contributed by atoms with Gasteiger partial charge in [0.2, 0.25) is 0 Å². The highest BCUT2D eigenvalue weighted by molar-refractivity contribution is 14.1. The van der Waals surface area contributed by atoms with Crippen molar-refractivity contribution in [2.75, 3.05) is 7.11 Å². The van der Waals surface area contributed by atoms with E-state index in [0.29, 0.717) is 53.3 Å². The molecule has 4 aliphatic rings. The Balaban J connectivity index is 1.52. The Hall–Kier alpha value is -0.170. The van der Waals surface area contributed by atoms with Gasteiger partial charge in [0.05, 0.1) is 13.2 Å². The summed E-state index contributed by atoms with van der Waals surface area (Å²) in [6, 6.07) is 0. The smallest absolute Gasteiger partial charge is 0.305 e. The van der Waals surface area contributed by atoms with Gasteiger partial charge in [-0.3, -0.25) is 9.59 Å².